The van der Waals surface area contributed by atoms with Crippen LogP contribution in [0.5, 0.6) is 5.75 Å². The van der Waals surface area contributed by atoms with E-state index in [1.165, 1.54) is 57.9 Å². The molecular weight excluding hydrogens is 1060 g/mol. The van der Waals surface area contributed by atoms with Crippen molar-refractivity contribution >= 4 is 82.7 Å². The van der Waals surface area contributed by atoms with Gasteiger partial charge in [-0.2, -0.15) is 0 Å². The fraction of sp³-hybridized carbons (Fsp3) is 0.623. The van der Waals surface area contributed by atoms with Gasteiger partial charge in [0.15, 0.2) is 0 Å². The molecule has 0 aliphatic carbocycles. The zero-order valence-electron chi connectivity index (χ0n) is 46.6. The summed E-state index contributed by atoms with van der Waals surface area (Å²) in [6.07, 6.45) is 3.92. The van der Waals surface area contributed by atoms with Gasteiger partial charge in [-0.05, 0) is 50.3 Å². The van der Waals surface area contributed by atoms with Gasteiger partial charge in [-0.3, -0.25) is 62.3 Å². The molecule has 1 aliphatic rings. The molecule has 28 nitrogen and oxygen atoms in total. The van der Waals surface area contributed by atoms with E-state index in [4.69, 9.17) is 16.2 Å². The van der Waals surface area contributed by atoms with Crippen LogP contribution >= 0.6 is 0 Å². The number of carboxylic acids is 1. The lowest BCUT2D eigenvalue weighted by Crippen LogP contribution is -2.60. The molecule has 1 aliphatic heterocycles. The number of ether oxygens (including phenoxy) is 1. The number of Topliss-reactive ketones (excluding diaryl/α,β-unsaturated/α-hetero) is 1. The standard InChI is InChI=1S/C53H81N11O17/c1-6-7-8-9-10-11-12-13-14-15-16-41(69)63-46-31(5)81-53(80)45(29(2)3)64-51(78)36(24-32-17-19-33(66)20-18-32)58-42(70)27-57-48(75)38(26-44(72)73)62-50(77)37(25-40(55)68)59-43(71)28-56-47(74)35(23-30(4)65)61-49(76)34(60-52(46)79)21-22-39(54)67/h17-20,29,31,34-38,45-46,66H,6-16,21-28H2,1-5H3,(H2,54,67)(H2,55,68)(H,56,74)(H,57,75)(H,58,70)(H,59,71)(H,60,79)(H,61,76)(H,62,77)(H,63,69)(H,64,78)(H,72,73). The van der Waals surface area contributed by atoms with Crippen molar-refractivity contribution in [1.29, 1.82) is 0 Å². The number of amides is 11. The number of hydrogen-bond acceptors (Lipinski definition) is 16. The number of aliphatic carboxylic acids is 1. The number of esters is 1. The van der Waals surface area contributed by atoms with Crippen LogP contribution in [-0.2, 0) is 78.3 Å². The van der Waals surface area contributed by atoms with Gasteiger partial charge in [0.25, 0.3) is 0 Å². The summed E-state index contributed by atoms with van der Waals surface area (Å²) in [5.74, 6) is -16.4. The largest absolute Gasteiger partial charge is 0.508 e. The number of unbranched alkanes of at least 4 members (excludes halogenated alkanes) is 9. The number of rotatable bonds is 24. The molecule has 8 atom stereocenters. The van der Waals surface area contributed by atoms with Crippen molar-refractivity contribution in [3.63, 3.8) is 0 Å². The number of phenolic OH excluding ortho intramolecular Hbond substituents is 1. The van der Waals surface area contributed by atoms with Crippen LogP contribution in [-0.4, -0.2) is 154 Å². The molecule has 0 spiro atoms. The van der Waals surface area contributed by atoms with Crippen LogP contribution in [0.3, 0.4) is 0 Å². The third-order valence-electron chi connectivity index (χ3n) is 12.7. The second-order valence-electron chi connectivity index (χ2n) is 20.3. The van der Waals surface area contributed by atoms with Crippen LogP contribution in [0.2, 0.25) is 0 Å². The Morgan fingerprint density at radius 2 is 1.09 bits per heavy atom. The van der Waals surface area contributed by atoms with Crippen molar-refractivity contribution in [2.75, 3.05) is 13.1 Å². The minimum atomic E-state index is -1.97. The molecule has 0 aromatic heterocycles. The summed E-state index contributed by atoms with van der Waals surface area (Å²) < 4.78 is 5.77. The number of aromatic hydroxyl groups is 1. The second kappa shape index (κ2) is 36.1. The Kier molecular flexibility index (Phi) is 30.7. The first-order valence-electron chi connectivity index (χ1n) is 27.1. The van der Waals surface area contributed by atoms with Crippen molar-refractivity contribution in [3.05, 3.63) is 29.8 Å². The number of carboxylic acid groups (broad SMARTS) is 1. The maximum atomic E-state index is 14.4. The summed E-state index contributed by atoms with van der Waals surface area (Å²) in [7, 11) is 0. The van der Waals surface area contributed by atoms with Gasteiger partial charge in [-0.1, -0.05) is 90.7 Å². The van der Waals surface area contributed by atoms with Gasteiger partial charge in [0.2, 0.25) is 65.0 Å². The van der Waals surface area contributed by atoms with E-state index in [0.717, 1.165) is 45.4 Å². The van der Waals surface area contributed by atoms with Crippen molar-refractivity contribution in [2.45, 2.75) is 192 Å². The maximum absolute atomic E-state index is 14.4. The number of hydrogen-bond donors (Lipinski definition) is 13. The van der Waals surface area contributed by atoms with Crippen LogP contribution < -0.4 is 59.3 Å². The molecule has 0 saturated carbocycles. The Morgan fingerprint density at radius 1 is 0.605 bits per heavy atom. The molecule has 1 saturated heterocycles. The fourth-order valence-corrected chi connectivity index (χ4v) is 8.29. The average Bonchev–Trinajstić information content (AvgIpc) is 3.40. The Bertz CT molecular complexity index is 2380. The van der Waals surface area contributed by atoms with Crippen molar-refractivity contribution < 1.29 is 82.1 Å². The van der Waals surface area contributed by atoms with E-state index in [9.17, 15) is 77.3 Å². The molecule has 450 valence electrons. The predicted octanol–water partition coefficient (Wildman–Crippen LogP) is -1.93. The highest BCUT2D eigenvalue weighted by Gasteiger charge is 2.38. The maximum Gasteiger partial charge on any atom is 0.329 e. The topological polar surface area (TPSA) is 449 Å². The number of nitrogens with one attached hydrogen (secondary N) is 9. The van der Waals surface area contributed by atoms with E-state index in [1.807, 2.05) is 0 Å². The van der Waals surface area contributed by atoms with Gasteiger partial charge < -0.3 is 74.3 Å². The molecular formula is C53H81N11O17. The highest BCUT2D eigenvalue weighted by atomic mass is 16.5. The van der Waals surface area contributed by atoms with Crippen LogP contribution in [0.25, 0.3) is 0 Å². The normalized spacial score (nSPS) is 22.6. The molecule has 1 aromatic carbocycles. The van der Waals surface area contributed by atoms with E-state index >= 15 is 0 Å². The summed E-state index contributed by atoms with van der Waals surface area (Å²) in [5.41, 5.74) is 11.1. The number of primary amides is 2. The number of nitrogens with two attached hydrogens (primary N) is 2. The first-order valence-corrected chi connectivity index (χ1v) is 27.1. The number of carbonyl (C=O) groups excluding carboxylic acids is 13. The molecule has 1 aromatic rings. The van der Waals surface area contributed by atoms with Crippen LogP contribution in [0.1, 0.15) is 143 Å². The first-order chi connectivity index (χ1) is 38.2. The number of benzene rings is 1. The lowest BCUT2D eigenvalue weighted by Gasteiger charge is -2.30. The van der Waals surface area contributed by atoms with Crippen molar-refractivity contribution in [3.8, 4) is 5.75 Å². The number of ketones is 1. The second-order valence-corrected chi connectivity index (χ2v) is 20.3. The SMILES string of the molecule is CCCCCCCCCCCCC(=O)NC1C(=O)NC(CCC(N)=O)C(=O)NC(CC(C)=O)C(=O)NCC(=O)NC(CC(N)=O)C(=O)NC(CC(=O)O)C(=O)NCC(=O)NC(Cc2ccc(O)cc2)C(=O)NC(C(C)C)C(=O)OC1C. The number of cyclic esters (lactones) is 1. The molecule has 2 rings (SSSR count). The molecule has 11 amide bonds. The van der Waals surface area contributed by atoms with E-state index in [-0.39, 0.29) is 18.6 Å². The minimum Gasteiger partial charge on any atom is -0.508 e. The minimum absolute atomic E-state index is 0.0726. The quantitative estimate of drug-likeness (QED) is 0.0396. The smallest absolute Gasteiger partial charge is 0.329 e. The lowest BCUT2D eigenvalue weighted by molar-refractivity contribution is -0.157. The molecule has 1 fully saturated rings. The van der Waals surface area contributed by atoms with Crippen molar-refractivity contribution in [2.24, 2.45) is 17.4 Å². The van der Waals surface area contributed by atoms with Gasteiger partial charge in [0, 0.05) is 25.7 Å². The summed E-state index contributed by atoms with van der Waals surface area (Å²) >= 11 is 0. The monoisotopic (exact) mass is 1140 g/mol. The van der Waals surface area contributed by atoms with Gasteiger partial charge >= 0.3 is 11.9 Å². The molecule has 8 unspecified atom stereocenters. The molecule has 0 radical (unpaired) electrons. The summed E-state index contributed by atoms with van der Waals surface area (Å²) in [6.45, 7) is 5.56. The highest BCUT2D eigenvalue weighted by molar-refractivity contribution is 6.00. The van der Waals surface area contributed by atoms with E-state index in [0.29, 0.717) is 18.4 Å². The van der Waals surface area contributed by atoms with Gasteiger partial charge in [-0.25, -0.2) is 4.79 Å². The Balaban J connectivity index is 2.70. The fourth-order valence-electron chi connectivity index (χ4n) is 8.29. The zero-order chi connectivity index (χ0) is 60.8. The molecule has 15 N–H and O–H groups in total. The van der Waals surface area contributed by atoms with Crippen molar-refractivity contribution in [1.82, 2.24) is 47.9 Å². The number of phenols is 1. The summed E-state index contributed by atoms with van der Waals surface area (Å²) in [6, 6.07) is -6.79. The average molecular weight is 1140 g/mol. The van der Waals surface area contributed by atoms with Gasteiger partial charge in [0.1, 0.15) is 59.9 Å². The van der Waals surface area contributed by atoms with Crippen LogP contribution in [0.15, 0.2) is 24.3 Å². The summed E-state index contributed by atoms with van der Waals surface area (Å²) in [4.78, 5) is 186. The van der Waals surface area contributed by atoms with Crippen LogP contribution in [0, 0.1) is 5.92 Å². The Hall–Kier alpha value is -8.20. The highest BCUT2D eigenvalue weighted by Crippen LogP contribution is 2.16. The lowest BCUT2D eigenvalue weighted by atomic mass is 10.0. The molecule has 1 heterocycles. The Morgan fingerprint density at radius 3 is 1.59 bits per heavy atom. The first kappa shape index (κ1) is 68.9. The van der Waals surface area contributed by atoms with Gasteiger partial charge in [0.05, 0.1) is 25.9 Å². The van der Waals surface area contributed by atoms with E-state index in [1.54, 1.807) is 0 Å². The molecule has 0 bridgehead atoms. The molecule has 28 heteroatoms. The van der Waals surface area contributed by atoms with Gasteiger partial charge in [-0.15, -0.1) is 0 Å². The third-order valence-corrected chi connectivity index (χ3v) is 12.7. The van der Waals surface area contributed by atoms with E-state index in [2.05, 4.69) is 54.8 Å². The van der Waals surface area contributed by atoms with Crippen LogP contribution in [0.4, 0.5) is 0 Å². The molecule has 81 heavy (non-hydrogen) atoms. The predicted molar refractivity (Wildman–Crippen MR) is 288 cm³/mol. The number of carbonyl (C=O) groups is 14. The summed E-state index contributed by atoms with van der Waals surface area (Å²) in [5, 5.41) is 40.2. The Labute approximate surface area is 469 Å². The van der Waals surface area contributed by atoms with E-state index < -0.39 is 182 Å². The zero-order valence-corrected chi connectivity index (χ0v) is 46.6. The third kappa shape index (κ3) is 27.5.